The Hall–Kier alpha value is -1.92. The Kier molecular flexibility index (Phi) is 4.17. The van der Waals surface area contributed by atoms with E-state index in [4.69, 9.17) is 5.73 Å². The molecule has 0 aliphatic heterocycles. The van der Waals surface area contributed by atoms with Gasteiger partial charge in [-0.2, -0.15) is 0 Å². The highest BCUT2D eigenvalue weighted by atomic mass is 32.2. The summed E-state index contributed by atoms with van der Waals surface area (Å²) in [5.74, 6) is 1.72. The summed E-state index contributed by atoms with van der Waals surface area (Å²) >= 11 is 1.67. The summed E-state index contributed by atoms with van der Waals surface area (Å²) in [6.45, 7) is 3.28. The van der Waals surface area contributed by atoms with Crippen LogP contribution in [0.3, 0.4) is 0 Å². The van der Waals surface area contributed by atoms with Gasteiger partial charge in [-0.15, -0.1) is 10.2 Å². The number of thioether (sulfide) groups is 1. The van der Waals surface area contributed by atoms with Crippen molar-refractivity contribution in [1.82, 2.24) is 19.7 Å². The molecule has 0 aliphatic carbocycles. The first-order chi connectivity index (χ1) is 10.3. The Morgan fingerprint density at radius 3 is 2.90 bits per heavy atom. The number of para-hydroxylation sites is 1. The third-order valence-electron chi connectivity index (χ3n) is 3.33. The molecule has 0 atom stereocenters. The molecule has 2 heterocycles. The third kappa shape index (κ3) is 2.91. The lowest BCUT2D eigenvalue weighted by Gasteiger charge is -2.07. The number of nitrogens with two attached hydrogens (primary N) is 1. The van der Waals surface area contributed by atoms with Crippen LogP contribution in [0.4, 0.5) is 0 Å². The van der Waals surface area contributed by atoms with Gasteiger partial charge in [0.25, 0.3) is 0 Å². The van der Waals surface area contributed by atoms with Crippen molar-refractivity contribution in [3.63, 3.8) is 0 Å². The molecule has 0 fully saturated rings. The van der Waals surface area contributed by atoms with E-state index in [1.807, 2.05) is 19.2 Å². The maximum absolute atomic E-state index is 5.64. The summed E-state index contributed by atoms with van der Waals surface area (Å²) in [6, 6.07) is 10.3. The number of nitrogens with zero attached hydrogens (tertiary/aromatic N) is 4. The van der Waals surface area contributed by atoms with Crippen molar-refractivity contribution < 1.29 is 0 Å². The average Bonchev–Trinajstić information content (AvgIpc) is 2.86. The Morgan fingerprint density at radius 2 is 2.05 bits per heavy atom. The SMILES string of the molecule is Cc1nnc(SCc2cccc3cccnc23)n1CCN. The number of aryl methyl sites for hydroxylation is 1. The smallest absolute Gasteiger partial charge is 0.191 e. The summed E-state index contributed by atoms with van der Waals surface area (Å²) < 4.78 is 2.06. The van der Waals surface area contributed by atoms with Crippen LogP contribution in [-0.2, 0) is 12.3 Å². The second-order valence-electron chi connectivity index (χ2n) is 4.75. The first kappa shape index (κ1) is 14.0. The molecule has 0 saturated heterocycles. The lowest BCUT2D eigenvalue weighted by atomic mass is 10.1. The van der Waals surface area contributed by atoms with Gasteiger partial charge in [-0.3, -0.25) is 4.98 Å². The van der Waals surface area contributed by atoms with Crippen molar-refractivity contribution in [2.75, 3.05) is 6.54 Å². The first-order valence-corrected chi connectivity index (χ1v) is 7.83. The average molecular weight is 299 g/mol. The predicted octanol–water partition coefficient (Wildman–Crippen LogP) is 2.39. The van der Waals surface area contributed by atoms with E-state index in [9.17, 15) is 0 Å². The molecule has 108 valence electrons. The number of rotatable bonds is 5. The van der Waals surface area contributed by atoms with Crippen LogP contribution in [0, 0.1) is 6.92 Å². The zero-order chi connectivity index (χ0) is 14.7. The van der Waals surface area contributed by atoms with E-state index in [0.717, 1.165) is 34.2 Å². The standard InChI is InChI=1S/C15H17N5S/c1-11-18-19-15(20(11)9-7-16)21-10-13-5-2-4-12-6-3-8-17-14(12)13/h2-6,8H,7,9-10,16H2,1H3. The Morgan fingerprint density at radius 1 is 1.19 bits per heavy atom. The molecule has 0 radical (unpaired) electrons. The third-order valence-corrected chi connectivity index (χ3v) is 4.34. The second kappa shape index (κ2) is 6.24. The van der Waals surface area contributed by atoms with E-state index in [-0.39, 0.29) is 0 Å². The molecule has 3 rings (SSSR count). The van der Waals surface area contributed by atoms with Gasteiger partial charge in [0.2, 0.25) is 0 Å². The van der Waals surface area contributed by atoms with Crippen LogP contribution in [0.15, 0.2) is 41.7 Å². The van der Waals surface area contributed by atoms with Gasteiger partial charge in [0.1, 0.15) is 5.82 Å². The number of hydrogen-bond donors (Lipinski definition) is 1. The normalized spacial score (nSPS) is 11.1. The fourth-order valence-corrected chi connectivity index (χ4v) is 3.28. The van der Waals surface area contributed by atoms with Crippen molar-refractivity contribution >= 4 is 22.7 Å². The van der Waals surface area contributed by atoms with Gasteiger partial charge >= 0.3 is 0 Å². The molecular weight excluding hydrogens is 282 g/mol. The summed E-state index contributed by atoms with van der Waals surface area (Å²) in [6.07, 6.45) is 1.83. The van der Waals surface area contributed by atoms with E-state index in [0.29, 0.717) is 6.54 Å². The largest absolute Gasteiger partial charge is 0.329 e. The minimum absolute atomic E-state index is 0.586. The van der Waals surface area contributed by atoms with Crippen LogP contribution < -0.4 is 5.73 Å². The van der Waals surface area contributed by atoms with Crippen LogP contribution in [0.1, 0.15) is 11.4 Å². The zero-order valence-electron chi connectivity index (χ0n) is 11.9. The molecule has 2 aromatic heterocycles. The molecule has 2 N–H and O–H groups in total. The molecule has 5 nitrogen and oxygen atoms in total. The Bertz CT molecular complexity index is 747. The minimum atomic E-state index is 0.586. The van der Waals surface area contributed by atoms with Gasteiger partial charge in [0.05, 0.1) is 5.52 Å². The maximum atomic E-state index is 5.64. The van der Waals surface area contributed by atoms with Crippen molar-refractivity contribution in [2.24, 2.45) is 5.73 Å². The Balaban J connectivity index is 1.84. The zero-order valence-corrected chi connectivity index (χ0v) is 12.7. The minimum Gasteiger partial charge on any atom is -0.329 e. The number of fused-ring (bicyclic) bond motifs is 1. The summed E-state index contributed by atoms with van der Waals surface area (Å²) in [5, 5.41) is 10.4. The monoisotopic (exact) mass is 299 g/mol. The molecule has 0 spiro atoms. The number of pyridine rings is 1. The van der Waals surface area contributed by atoms with Crippen LogP contribution in [0.2, 0.25) is 0 Å². The van der Waals surface area contributed by atoms with Gasteiger partial charge in [-0.1, -0.05) is 36.0 Å². The van der Waals surface area contributed by atoms with E-state index in [1.54, 1.807) is 11.8 Å². The molecule has 0 saturated carbocycles. The van der Waals surface area contributed by atoms with Crippen molar-refractivity contribution in [1.29, 1.82) is 0 Å². The van der Waals surface area contributed by atoms with Crippen LogP contribution in [-0.4, -0.2) is 26.3 Å². The summed E-state index contributed by atoms with van der Waals surface area (Å²) in [4.78, 5) is 4.48. The van der Waals surface area contributed by atoms with E-state index < -0.39 is 0 Å². The highest BCUT2D eigenvalue weighted by Gasteiger charge is 2.10. The number of benzene rings is 1. The van der Waals surface area contributed by atoms with Gasteiger partial charge < -0.3 is 10.3 Å². The topological polar surface area (TPSA) is 69.6 Å². The van der Waals surface area contributed by atoms with Crippen molar-refractivity contribution in [2.45, 2.75) is 24.4 Å². The van der Waals surface area contributed by atoms with Crippen LogP contribution >= 0.6 is 11.8 Å². The van der Waals surface area contributed by atoms with E-state index in [2.05, 4.69) is 44.0 Å². The molecular formula is C15H17N5S. The van der Waals surface area contributed by atoms with Gasteiger partial charge in [-0.05, 0) is 18.6 Å². The van der Waals surface area contributed by atoms with Gasteiger partial charge in [0.15, 0.2) is 5.16 Å². The predicted molar refractivity (Wildman–Crippen MR) is 85.1 cm³/mol. The second-order valence-corrected chi connectivity index (χ2v) is 5.69. The molecule has 1 aromatic carbocycles. The molecule has 0 bridgehead atoms. The van der Waals surface area contributed by atoms with Crippen molar-refractivity contribution in [3.05, 3.63) is 47.9 Å². The first-order valence-electron chi connectivity index (χ1n) is 6.85. The lowest BCUT2D eigenvalue weighted by molar-refractivity contribution is 0.627. The summed E-state index contributed by atoms with van der Waals surface area (Å²) in [5.41, 5.74) is 7.90. The molecule has 21 heavy (non-hydrogen) atoms. The lowest BCUT2D eigenvalue weighted by Crippen LogP contribution is -2.12. The van der Waals surface area contributed by atoms with Crippen molar-refractivity contribution in [3.8, 4) is 0 Å². The maximum Gasteiger partial charge on any atom is 0.191 e. The molecule has 0 unspecified atom stereocenters. The Labute approximate surface area is 127 Å². The number of hydrogen-bond acceptors (Lipinski definition) is 5. The summed E-state index contributed by atoms with van der Waals surface area (Å²) in [7, 11) is 0. The highest BCUT2D eigenvalue weighted by Crippen LogP contribution is 2.25. The highest BCUT2D eigenvalue weighted by molar-refractivity contribution is 7.98. The number of aromatic nitrogens is 4. The molecule has 3 aromatic rings. The molecule has 6 heteroatoms. The fourth-order valence-electron chi connectivity index (χ4n) is 2.28. The fraction of sp³-hybridized carbons (Fsp3) is 0.267. The van der Waals surface area contributed by atoms with Gasteiger partial charge in [0, 0.05) is 30.4 Å². The van der Waals surface area contributed by atoms with E-state index in [1.165, 1.54) is 5.56 Å². The van der Waals surface area contributed by atoms with Gasteiger partial charge in [-0.25, -0.2) is 0 Å². The molecule has 0 aliphatic rings. The van der Waals surface area contributed by atoms with Crippen LogP contribution in [0.25, 0.3) is 10.9 Å². The quantitative estimate of drug-likeness (QED) is 0.733. The van der Waals surface area contributed by atoms with E-state index >= 15 is 0 Å². The molecule has 0 amide bonds. The van der Waals surface area contributed by atoms with Crippen LogP contribution in [0.5, 0.6) is 0 Å².